The summed E-state index contributed by atoms with van der Waals surface area (Å²) >= 11 is 0. The van der Waals surface area contributed by atoms with E-state index in [-0.39, 0.29) is 0 Å². The van der Waals surface area contributed by atoms with E-state index >= 15 is 0 Å². The molecular formula is C12H17N5O. The van der Waals surface area contributed by atoms with Gasteiger partial charge in [-0.05, 0) is 6.92 Å². The second-order valence-corrected chi connectivity index (χ2v) is 3.97. The fraction of sp³-hybridized carbons (Fsp3) is 0.417. The minimum absolute atomic E-state index is 0.569. The van der Waals surface area contributed by atoms with Crippen molar-refractivity contribution in [3.63, 3.8) is 0 Å². The van der Waals surface area contributed by atoms with Gasteiger partial charge in [-0.15, -0.1) is 0 Å². The van der Waals surface area contributed by atoms with Gasteiger partial charge in [0.2, 0.25) is 5.88 Å². The topological polar surface area (TPSA) is 64.9 Å². The lowest BCUT2D eigenvalue weighted by Gasteiger charge is -2.11. The molecule has 96 valence electrons. The number of aryl methyl sites for hydroxylation is 2. The first-order chi connectivity index (χ1) is 8.63. The monoisotopic (exact) mass is 247 g/mol. The number of hydrogen-bond acceptors (Lipinski definition) is 5. The van der Waals surface area contributed by atoms with Crippen LogP contribution in [0.25, 0.3) is 0 Å². The second kappa shape index (κ2) is 5.03. The predicted molar refractivity (Wildman–Crippen MR) is 69.0 cm³/mol. The molecule has 0 unspecified atom stereocenters. The first kappa shape index (κ1) is 12.3. The highest BCUT2D eigenvalue weighted by Crippen LogP contribution is 2.26. The highest BCUT2D eigenvalue weighted by atomic mass is 16.5. The van der Waals surface area contributed by atoms with E-state index in [4.69, 9.17) is 4.74 Å². The maximum atomic E-state index is 5.74. The molecule has 0 aromatic carbocycles. The highest BCUT2D eigenvalue weighted by Gasteiger charge is 2.11. The summed E-state index contributed by atoms with van der Waals surface area (Å²) in [4.78, 5) is 8.79. The lowest BCUT2D eigenvalue weighted by Crippen LogP contribution is -2.04. The van der Waals surface area contributed by atoms with Crippen LogP contribution < -0.4 is 10.1 Å². The minimum atomic E-state index is 0.569. The Morgan fingerprint density at radius 2 is 2.17 bits per heavy atom. The molecule has 0 fully saturated rings. The summed E-state index contributed by atoms with van der Waals surface area (Å²) in [6.45, 7) is 3.94. The van der Waals surface area contributed by atoms with E-state index in [9.17, 15) is 0 Å². The molecule has 0 amide bonds. The van der Waals surface area contributed by atoms with Crippen LogP contribution in [0.5, 0.6) is 11.6 Å². The van der Waals surface area contributed by atoms with Crippen LogP contribution in [0.1, 0.15) is 18.3 Å². The maximum Gasteiger partial charge on any atom is 0.227 e. The van der Waals surface area contributed by atoms with Crippen LogP contribution in [0.2, 0.25) is 0 Å². The number of aromatic nitrogens is 4. The first-order valence-corrected chi connectivity index (χ1v) is 5.85. The van der Waals surface area contributed by atoms with E-state index in [1.54, 1.807) is 17.1 Å². The van der Waals surface area contributed by atoms with Gasteiger partial charge in [0, 0.05) is 20.5 Å². The molecule has 6 nitrogen and oxygen atoms in total. The first-order valence-electron chi connectivity index (χ1n) is 5.85. The van der Waals surface area contributed by atoms with Crippen LogP contribution in [0, 0.1) is 6.92 Å². The van der Waals surface area contributed by atoms with Gasteiger partial charge in [0.1, 0.15) is 11.6 Å². The Labute approximate surface area is 106 Å². The molecule has 2 heterocycles. The Morgan fingerprint density at radius 1 is 1.39 bits per heavy atom. The summed E-state index contributed by atoms with van der Waals surface area (Å²) < 4.78 is 7.43. The number of ether oxygens (including phenoxy) is 1. The third-order valence-corrected chi connectivity index (χ3v) is 2.60. The van der Waals surface area contributed by atoms with E-state index < -0.39 is 0 Å². The van der Waals surface area contributed by atoms with Gasteiger partial charge in [-0.2, -0.15) is 10.1 Å². The molecule has 0 saturated heterocycles. The lowest BCUT2D eigenvalue weighted by molar-refractivity contribution is 0.454. The number of hydrogen-bond donors (Lipinski definition) is 1. The molecule has 0 spiro atoms. The average Bonchev–Trinajstić information content (AvgIpc) is 2.77. The van der Waals surface area contributed by atoms with Gasteiger partial charge in [0.15, 0.2) is 5.75 Å². The third-order valence-electron chi connectivity index (χ3n) is 2.60. The molecule has 6 heteroatoms. The molecule has 18 heavy (non-hydrogen) atoms. The lowest BCUT2D eigenvalue weighted by atomic mass is 10.3. The van der Waals surface area contributed by atoms with E-state index in [0.717, 1.165) is 23.6 Å². The van der Waals surface area contributed by atoms with E-state index in [1.165, 1.54) is 0 Å². The fourth-order valence-electron chi connectivity index (χ4n) is 1.60. The van der Waals surface area contributed by atoms with Crippen LogP contribution in [0.3, 0.4) is 0 Å². The molecule has 0 radical (unpaired) electrons. The van der Waals surface area contributed by atoms with Gasteiger partial charge in [-0.3, -0.25) is 4.68 Å². The van der Waals surface area contributed by atoms with Gasteiger partial charge >= 0.3 is 0 Å². The second-order valence-electron chi connectivity index (χ2n) is 3.97. The molecule has 0 aliphatic rings. The fourth-order valence-corrected chi connectivity index (χ4v) is 1.60. The summed E-state index contributed by atoms with van der Waals surface area (Å²) in [5, 5.41) is 7.11. The molecule has 2 aromatic heterocycles. The van der Waals surface area contributed by atoms with Crippen LogP contribution in [-0.2, 0) is 13.5 Å². The van der Waals surface area contributed by atoms with E-state index in [2.05, 4.69) is 20.4 Å². The van der Waals surface area contributed by atoms with Crippen LogP contribution in [0.4, 0.5) is 5.82 Å². The zero-order valence-electron chi connectivity index (χ0n) is 11.1. The van der Waals surface area contributed by atoms with Crippen LogP contribution in [0.15, 0.2) is 12.4 Å². The largest absolute Gasteiger partial charge is 0.435 e. The van der Waals surface area contributed by atoms with Crippen molar-refractivity contribution < 1.29 is 4.74 Å². The molecule has 2 rings (SSSR count). The SMILES string of the molecule is CCc1nc(NC)c(C)c(Oc2cnn(C)c2)n1. The summed E-state index contributed by atoms with van der Waals surface area (Å²) in [6.07, 6.45) is 4.22. The number of rotatable bonds is 4. The van der Waals surface area contributed by atoms with Crippen molar-refractivity contribution in [2.24, 2.45) is 7.05 Å². The molecule has 0 saturated carbocycles. The number of anilines is 1. The molecule has 0 bridgehead atoms. The normalized spacial score (nSPS) is 10.4. The van der Waals surface area contributed by atoms with Gasteiger partial charge in [-0.25, -0.2) is 4.98 Å². The van der Waals surface area contributed by atoms with Crippen molar-refractivity contribution in [3.05, 3.63) is 23.8 Å². The van der Waals surface area contributed by atoms with Crippen LogP contribution >= 0.6 is 0 Å². The summed E-state index contributed by atoms with van der Waals surface area (Å²) in [5.74, 6) is 2.78. The van der Waals surface area contributed by atoms with Gasteiger partial charge < -0.3 is 10.1 Å². The van der Waals surface area contributed by atoms with Crippen molar-refractivity contribution >= 4 is 5.82 Å². The van der Waals surface area contributed by atoms with E-state index in [0.29, 0.717) is 11.6 Å². The number of nitrogens with zero attached hydrogens (tertiary/aromatic N) is 4. The number of nitrogens with one attached hydrogen (secondary N) is 1. The molecule has 0 atom stereocenters. The Morgan fingerprint density at radius 3 is 2.72 bits per heavy atom. The van der Waals surface area contributed by atoms with Crippen molar-refractivity contribution in [1.29, 1.82) is 0 Å². The zero-order chi connectivity index (χ0) is 13.1. The maximum absolute atomic E-state index is 5.74. The van der Waals surface area contributed by atoms with Gasteiger partial charge in [0.25, 0.3) is 0 Å². The Hall–Kier alpha value is -2.11. The molecule has 2 aromatic rings. The average molecular weight is 247 g/mol. The quantitative estimate of drug-likeness (QED) is 0.894. The third kappa shape index (κ3) is 2.42. The molecular weight excluding hydrogens is 230 g/mol. The Balaban J connectivity index is 2.36. The highest BCUT2D eigenvalue weighted by molar-refractivity contribution is 5.48. The molecule has 1 N–H and O–H groups in total. The van der Waals surface area contributed by atoms with Crippen molar-refractivity contribution in [2.45, 2.75) is 20.3 Å². The van der Waals surface area contributed by atoms with Crippen molar-refractivity contribution in [1.82, 2.24) is 19.7 Å². The van der Waals surface area contributed by atoms with Crippen molar-refractivity contribution in [2.75, 3.05) is 12.4 Å². The molecule has 0 aliphatic heterocycles. The minimum Gasteiger partial charge on any atom is -0.435 e. The summed E-state index contributed by atoms with van der Waals surface area (Å²) in [6, 6.07) is 0. The predicted octanol–water partition coefficient (Wildman–Crippen LogP) is 1.91. The van der Waals surface area contributed by atoms with E-state index in [1.807, 2.05) is 27.9 Å². The van der Waals surface area contributed by atoms with Crippen molar-refractivity contribution in [3.8, 4) is 11.6 Å². The smallest absolute Gasteiger partial charge is 0.227 e. The van der Waals surface area contributed by atoms with Crippen LogP contribution in [-0.4, -0.2) is 26.8 Å². The Kier molecular flexibility index (Phi) is 3.45. The summed E-state index contributed by atoms with van der Waals surface area (Å²) in [5.41, 5.74) is 0.888. The van der Waals surface area contributed by atoms with Gasteiger partial charge in [-0.1, -0.05) is 6.92 Å². The summed E-state index contributed by atoms with van der Waals surface area (Å²) in [7, 11) is 3.68. The molecule has 0 aliphatic carbocycles. The Bertz CT molecular complexity index is 549. The zero-order valence-corrected chi connectivity index (χ0v) is 11.1. The van der Waals surface area contributed by atoms with Gasteiger partial charge in [0.05, 0.1) is 18.0 Å². The standard InChI is InChI=1S/C12H17N5O/c1-5-10-15-11(13-3)8(2)12(16-10)18-9-6-14-17(4)7-9/h6-7H,5H2,1-4H3,(H,13,15,16).